The second kappa shape index (κ2) is 5.00. The Morgan fingerprint density at radius 1 is 1.50 bits per heavy atom. The zero-order chi connectivity index (χ0) is 11.4. The Morgan fingerprint density at radius 3 is 3.00 bits per heavy atom. The summed E-state index contributed by atoms with van der Waals surface area (Å²) in [5.41, 5.74) is 1.05. The van der Waals surface area contributed by atoms with Gasteiger partial charge >= 0.3 is 0 Å². The van der Waals surface area contributed by atoms with Crippen molar-refractivity contribution in [2.45, 2.75) is 25.8 Å². The summed E-state index contributed by atoms with van der Waals surface area (Å²) in [4.78, 5) is 4.52. The number of hydrogen-bond donors (Lipinski definition) is 1. The van der Waals surface area contributed by atoms with E-state index in [2.05, 4.69) is 29.2 Å². The first-order valence-electron chi connectivity index (χ1n) is 5.39. The highest BCUT2D eigenvalue weighted by molar-refractivity contribution is 7.22. The minimum absolute atomic E-state index is 0.325. The van der Waals surface area contributed by atoms with E-state index in [1.807, 2.05) is 18.2 Å². The van der Waals surface area contributed by atoms with E-state index in [0.717, 1.165) is 23.5 Å². The molecule has 1 N–H and O–H groups in total. The van der Waals surface area contributed by atoms with Gasteiger partial charge in [-0.15, -0.1) is 12.3 Å². The molecule has 0 amide bonds. The van der Waals surface area contributed by atoms with Gasteiger partial charge in [0.05, 0.1) is 10.2 Å². The fourth-order valence-corrected chi connectivity index (χ4v) is 2.49. The summed E-state index contributed by atoms with van der Waals surface area (Å²) in [5, 5.41) is 4.35. The number of benzene rings is 1. The molecule has 1 unspecified atom stereocenters. The maximum atomic E-state index is 5.33. The normalized spacial score (nSPS) is 12.2. The second-order valence-corrected chi connectivity index (χ2v) is 4.68. The third kappa shape index (κ3) is 2.34. The second-order valence-electron chi connectivity index (χ2n) is 3.64. The molecular weight excluding hydrogens is 216 g/mol. The van der Waals surface area contributed by atoms with Gasteiger partial charge < -0.3 is 5.32 Å². The van der Waals surface area contributed by atoms with Gasteiger partial charge in [-0.2, -0.15) is 0 Å². The summed E-state index contributed by atoms with van der Waals surface area (Å²) >= 11 is 1.68. The predicted molar refractivity (Wildman–Crippen MR) is 70.8 cm³/mol. The summed E-state index contributed by atoms with van der Waals surface area (Å²) < 4.78 is 1.21. The van der Waals surface area contributed by atoms with E-state index in [0.29, 0.717) is 6.04 Å². The average molecular weight is 230 g/mol. The molecule has 0 aliphatic rings. The molecule has 0 aliphatic heterocycles. The summed E-state index contributed by atoms with van der Waals surface area (Å²) in [7, 11) is 0. The smallest absolute Gasteiger partial charge is 0.184 e. The standard InChI is InChI=1S/C13H14N2S/c1-3-7-10(4-2)14-13-15-11-8-5-6-9-12(11)16-13/h1,5-6,8-10H,4,7H2,2H3,(H,14,15). The van der Waals surface area contributed by atoms with Crippen LogP contribution < -0.4 is 5.32 Å². The number of fused-ring (bicyclic) bond motifs is 1. The van der Waals surface area contributed by atoms with Gasteiger partial charge in [0.25, 0.3) is 0 Å². The Kier molecular flexibility index (Phi) is 3.43. The lowest BCUT2D eigenvalue weighted by Crippen LogP contribution is -2.17. The SMILES string of the molecule is C#CCC(CC)Nc1nc2ccccc2s1. The van der Waals surface area contributed by atoms with Crippen molar-refractivity contribution >= 4 is 26.7 Å². The molecule has 1 aromatic carbocycles. The highest BCUT2D eigenvalue weighted by atomic mass is 32.1. The highest BCUT2D eigenvalue weighted by Gasteiger charge is 2.08. The van der Waals surface area contributed by atoms with Crippen LogP contribution in [0, 0.1) is 12.3 Å². The van der Waals surface area contributed by atoms with Crippen LogP contribution in [0.5, 0.6) is 0 Å². The molecule has 2 aromatic rings. The van der Waals surface area contributed by atoms with Crippen LogP contribution in [0.4, 0.5) is 5.13 Å². The Labute approximate surface area is 99.7 Å². The number of rotatable bonds is 4. The first-order valence-corrected chi connectivity index (χ1v) is 6.20. The average Bonchev–Trinajstić information content (AvgIpc) is 2.70. The molecule has 0 aliphatic carbocycles. The number of nitrogens with one attached hydrogen (secondary N) is 1. The molecule has 0 radical (unpaired) electrons. The quantitative estimate of drug-likeness (QED) is 0.813. The Hall–Kier alpha value is -1.53. The van der Waals surface area contributed by atoms with Gasteiger partial charge in [-0.3, -0.25) is 0 Å². The van der Waals surface area contributed by atoms with E-state index >= 15 is 0 Å². The molecule has 2 rings (SSSR count). The number of terminal acetylenes is 1. The first kappa shape index (κ1) is 11.0. The van der Waals surface area contributed by atoms with Gasteiger partial charge in [0.2, 0.25) is 0 Å². The Bertz CT molecular complexity index is 477. The van der Waals surface area contributed by atoms with Crippen molar-refractivity contribution in [2.24, 2.45) is 0 Å². The van der Waals surface area contributed by atoms with E-state index in [9.17, 15) is 0 Å². The number of para-hydroxylation sites is 1. The first-order chi connectivity index (χ1) is 7.83. The Morgan fingerprint density at radius 2 is 2.31 bits per heavy atom. The zero-order valence-electron chi connectivity index (χ0n) is 9.23. The number of nitrogens with zero attached hydrogens (tertiary/aromatic N) is 1. The van der Waals surface area contributed by atoms with E-state index < -0.39 is 0 Å². The van der Waals surface area contributed by atoms with Crippen molar-refractivity contribution in [1.82, 2.24) is 4.98 Å². The molecule has 0 saturated carbocycles. The summed E-state index contributed by atoms with van der Waals surface area (Å²) in [6.07, 6.45) is 7.08. The van der Waals surface area contributed by atoms with E-state index in [4.69, 9.17) is 6.42 Å². The topological polar surface area (TPSA) is 24.9 Å². The van der Waals surface area contributed by atoms with Crippen LogP contribution in [-0.2, 0) is 0 Å². The molecule has 82 valence electrons. The molecule has 1 aromatic heterocycles. The summed E-state index contributed by atoms with van der Waals surface area (Å²) in [6.45, 7) is 2.13. The van der Waals surface area contributed by atoms with Crippen molar-refractivity contribution in [2.75, 3.05) is 5.32 Å². The lowest BCUT2D eigenvalue weighted by atomic mass is 10.2. The number of anilines is 1. The summed E-state index contributed by atoms with van der Waals surface area (Å²) in [5.74, 6) is 2.69. The molecule has 0 fully saturated rings. The van der Waals surface area contributed by atoms with Gasteiger partial charge in [0.1, 0.15) is 0 Å². The van der Waals surface area contributed by atoms with Crippen molar-refractivity contribution in [1.29, 1.82) is 0 Å². The van der Waals surface area contributed by atoms with Gasteiger partial charge in [-0.25, -0.2) is 4.98 Å². The van der Waals surface area contributed by atoms with E-state index in [1.165, 1.54) is 4.70 Å². The van der Waals surface area contributed by atoms with Gasteiger partial charge in [0, 0.05) is 12.5 Å². The van der Waals surface area contributed by atoms with Crippen LogP contribution >= 0.6 is 11.3 Å². The fourth-order valence-electron chi connectivity index (χ4n) is 1.55. The fraction of sp³-hybridized carbons (Fsp3) is 0.308. The van der Waals surface area contributed by atoms with Crippen LogP contribution in [0.15, 0.2) is 24.3 Å². The zero-order valence-corrected chi connectivity index (χ0v) is 10.1. The molecule has 0 saturated heterocycles. The monoisotopic (exact) mass is 230 g/mol. The van der Waals surface area contributed by atoms with Crippen LogP contribution in [0.2, 0.25) is 0 Å². The van der Waals surface area contributed by atoms with Crippen molar-refractivity contribution in [3.8, 4) is 12.3 Å². The minimum atomic E-state index is 0.325. The van der Waals surface area contributed by atoms with Crippen LogP contribution in [-0.4, -0.2) is 11.0 Å². The lowest BCUT2D eigenvalue weighted by Gasteiger charge is -2.12. The molecule has 16 heavy (non-hydrogen) atoms. The predicted octanol–water partition coefficient (Wildman–Crippen LogP) is 3.51. The largest absolute Gasteiger partial charge is 0.358 e. The third-order valence-corrected chi connectivity index (χ3v) is 3.45. The Balaban J connectivity index is 2.18. The molecular formula is C13H14N2S. The van der Waals surface area contributed by atoms with Crippen molar-refractivity contribution in [3.63, 3.8) is 0 Å². The molecule has 1 heterocycles. The maximum absolute atomic E-state index is 5.33. The summed E-state index contributed by atoms with van der Waals surface area (Å²) in [6, 6.07) is 8.47. The third-order valence-electron chi connectivity index (χ3n) is 2.48. The van der Waals surface area contributed by atoms with E-state index in [1.54, 1.807) is 11.3 Å². The molecule has 0 bridgehead atoms. The lowest BCUT2D eigenvalue weighted by molar-refractivity contribution is 0.715. The van der Waals surface area contributed by atoms with Crippen LogP contribution in [0.25, 0.3) is 10.2 Å². The minimum Gasteiger partial charge on any atom is -0.358 e. The van der Waals surface area contributed by atoms with Gasteiger partial charge in [0.15, 0.2) is 5.13 Å². The van der Waals surface area contributed by atoms with Crippen LogP contribution in [0.3, 0.4) is 0 Å². The van der Waals surface area contributed by atoms with E-state index in [-0.39, 0.29) is 0 Å². The van der Waals surface area contributed by atoms with Crippen molar-refractivity contribution < 1.29 is 0 Å². The van der Waals surface area contributed by atoms with Crippen molar-refractivity contribution in [3.05, 3.63) is 24.3 Å². The number of thiazole rings is 1. The molecule has 0 spiro atoms. The molecule has 2 nitrogen and oxygen atoms in total. The number of hydrogen-bond acceptors (Lipinski definition) is 3. The van der Waals surface area contributed by atoms with Crippen LogP contribution in [0.1, 0.15) is 19.8 Å². The van der Waals surface area contributed by atoms with Gasteiger partial charge in [-0.1, -0.05) is 30.4 Å². The highest BCUT2D eigenvalue weighted by Crippen LogP contribution is 2.26. The molecule has 3 heteroatoms. The molecule has 1 atom stereocenters. The number of aromatic nitrogens is 1. The van der Waals surface area contributed by atoms with Gasteiger partial charge in [-0.05, 0) is 18.6 Å². The maximum Gasteiger partial charge on any atom is 0.184 e.